The first kappa shape index (κ1) is 12.6. The Labute approximate surface area is 105 Å². The van der Waals surface area contributed by atoms with E-state index in [2.05, 4.69) is 44.3 Å². The van der Waals surface area contributed by atoms with Gasteiger partial charge in [-0.2, -0.15) is 5.10 Å². The van der Waals surface area contributed by atoms with Crippen LogP contribution in [0, 0.1) is 5.41 Å². The van der Waals surface area contributed by atoms with E-state index in [0.717, 1.165) is 6.54 Å². The third-order valence-electron chi connectivity index (χ3n) is 4.19. The molecule has 1 heterocycles. The summed E-state index contributed by atoms with van der Waals surface area (Å²) >= 11 is 0. The van der Waals surface area contributed by atoms with Gasteiger partial charge in [0.1, 0.15) is 0 Å². The molecule has 1 aromatic rings. The first-order valence-corrected chi connectivity index (χ1v) is 6.81. The van der Waals surface area contributed by atoms with E-state index in [1.54, 1.807) is 0 Å². The van der Waals surface area contributed by atoms with Crippen molar-refractivity contribution in [1.29, 1.82) is 0 Å². The van der Waals surface area contributed by atoms with Crippen LogP contribution in [0.4, 0.5) is 0 Å². The lowest BCUT2D eigenvalue weighted by Gasteiger charge is -2.30. The van der Waals surface area contributed by atoms with Crippen LogP contribution in [-0.2, 0) is 6.54 Å². The summed E-state index contributed by atoms with van der Waals surface area (Å²) < 4.78 is 1.99. The van der Waals surface area contributed by atoms with E-state index < -0.39 is 0 Å². The number of nitrogens with zero attached hydrogens (tertiary/aromatic N) is 2. The number of hydrogen-bond donors (Lipinski definition) is 1. The predicted molar refractivity (Wildman–Crippen MR) is 70.9 cm³/mol. The van der Waals surface area contributed by atoms with Crippen molar-refractivity contribution in [3.8, 4) is 0 Å². The van der Waals surface area contributed by atoms with Gasteiger partial charge in [0.25, 0.3) is 0 Å². The van der Waals surface area contributed by atoms with Crippen molar-refractivity contribution in [3.63, 3.8) is 0 Å². The molecule has 1 fully saturated rings. The second kappa shape index (κ2) is 4.81. The maximum Gasteiger partial charge on any atom is 0.0537 e. The number of aryl methyl sites for hydroxylation is 1. The van der Waals surface area contributed by atoms with Crippen molar-refractivity contribution in [3.05, 3.63) is 18.0 Å². The van der Waals surface area contributed by atoms with Crippen LogP contribution in [0.2, 0.25) is 0 Å². The highest BCUT2D eigenvalue weighted by Crippen LogP contribution is 2.38. The average molecular weight is 235 g/mol. The van der Waals surface area contributed by atoms with E-state index in [1.165, 1.54) is 24.8 Å². The standard InChI is InChI=1S/C14H25N3/c1-5-17-10-12(9-15-17)11(2)16-13-7-6-8-14(13,3)4/h9-11,13,16H,5-8H2,1-4H3. The maximum absolute atomic E-state index is 4.34. The second-order valence-electron chi connectivity index (χ2n) is 5.95. The van der Waals surface area contributed by atoms with Crippen molar-refractivity contribution in [2.75, 3.05) is 0 Å². The normalized spacial score (nSPS) is 25.1. The molecule has 0 bridgehead atoms. The zero-order valence-electron chi connectivity index (χ0n) is 11.5. The fourth-order valence-electron chi connectivity index (χ4n) is 2.81. The Morgan fingerprint density at radius 2 is 2.35 bits per heavy atom. The summed E-state index contributed by atoms with van der Waals surface area (Å²) in [4.78, 5) is 0. The van der Waals surface area contributed by atoms with E-state index >= 15 is 0 Å². The predicted octanol–water partition coefficient (Wildman–Crippen LogP) is 3.13. The van der Waals surface area contributed by atoms with Crippen LogP contribution in [0.1, 0.15) is 58.6 Å². The SMILES string of the molecule is CCn1cc(C(C)NC2CCCC2(C)C)cn1. The van der Waals surface area contributed by atoms with Crippen molar-refractivity contribution in [1.82, 2.24) is 15.1 Å². The van der Waals surface area contributed by atoms with Crippen molar-refractivity contribution in [2.24, 2.45) is 5.41 Å². The zero-order chi connectivity index (χ0) is 12.5. The lowest BCUT2D eigenvalue weighted by atomic mass is 9.87. The molecule has 0 saturated heterocycles. The van der Waals surface area contributed by atoms with Gasteiger partial charge in [0, 0.05) is 30.4 Å². The Bertz CT molecular complexity index is 367. The molecule has 0 aromatic carbocycles. The molecule has 1 aromatic heterocycles. The van der Waals surface area contributed by atoms with Crippen molar-refractivity contribution >= 4 is 0 Å². The number of aromatic nitrogens is 2. The summed E-state index contributed by atoms with van der Waals surface area (Å²) in [5, 5.41) is 8.11. The Morgan fingerprint density at radius 3 is 2.88 bits per heavy atom. The summed E-state index contributed by atoms with van der Waals surface area (Å²) in [7, 11) is 0. The van der Waals surface area contributed by atoms with Gasteiger partial charge in [-0.05, 0) is 32.1 Å². The topological polar surface area (TPSA) is 29.9 Å². The highest BCUT2D eigenvalue weighted by atomic mass is 15.3. The molecule has 0 aliphatic heterocycles. The summed E-state index contributed by atoms with van der Waals surface area (Å²) in [6.07, 6.45) is 8.14. The molecule has 0 spiro atoms. The summed E-state index contributed by atoms with van der Waals surface area (Å²) in [6.45, 7) is 10.1. The molecule has 3 heteroatoms. The minimum absolute atomic E-state index is 0.401. The Hall–Kier alpha value is -0.830. The van der Waals surface area contributed by atoms with Gasteiger partial charge >= 0.3 is 0 Å². The summed E-state index contributed by atoms with van der Waals surface area (Å²) in [5.74, 6) is 0. The van der Waals surface area contributed by atoms with E-state index in [0.29, 0.717) is 17.5 Å². The van der Waals surface area contributed by atoms with E-state index in [9.17, 15) is 0 Å². The molecule has 2 atom stereocenters. The molecule has 1 aliphatic rings. The molecule has 1 N–H and O–H groups in total. The lowest BCUT2D eigenvalue weighted by Crippen LogP contribution is -2.39. The summed E-state index contributed by atoms with van der Waals surface area (Å²) in [6, 6.07) is 1.04. The minimum atomic E-state index is 0.401. The summed E-state index contributed by atoms with van der Waals surface area (Å²) in [5.41, 5.74) is 1.74. The fourth-order valence-corrected chi connectivity index (χ4v) is 2.81. The number of nitrogens with one attached hydrogen (secondary N) is 1. The zero-order valence-corrected chi connectivity index (χ0v) is 11.5. The maximum atomic E-state index is 4.34. The average Bonchev–Trinajstić information content (AvgIpc) is 2.86. The van der Waals surface area contributed by atoms with Crippen LogP contribution in [-0.4, -0.2) is 15.8 Å². The molecule has 1 saturated carbocycles. The fraction of sp³-hybridized carbons (Fsp3) is 0.786. The van der Waals surface area contributed by atoms with Gasteiger partial charge in [0.2, 0.25) is 0 Å². The van der Waals surface area contributed by atoms with E-state index in [1.807, 2.05) is 10.9 Å². The highest BCUT2D eigenvalue weighted by molar-refractivity contribution is 5.10. The minimum Gasteiger partial charge on any atom is -0.307 e. The third-order valence-corrected chi connectivity index (χ3v) is 4.19. The van der Waals surface area contributed by atoms with Gasteiger partial charge in [-0.1, -0.05) is 20.3 Å². The Morgan fingerprint density at radius 1 is 1.59 bits per heavy atom. The number of hydrogen-bond acceptors (Lipinski definition) is 2. The molecule has 96 valence electrons. The van der Waals surface area contributed by atoms with Crippen LogP contribution in [0.3, 0.4) is 0 Å². The van der Waals surface area contributed by atoms with Gasteiger partial charge in [-0.25, -0.2) is 0 Å². The molecular weight excluding hydrogens is 210 g/mol. The Balaban J connectivity index is 1.99. The van der Waals surface area contributed by atoms with Gasteiger partial charge in [-0.3, -0.25) is 4.68 Å². The van der Waals surface area contributed by atoms with E-state index in [4.69, 9.17) is 0 Å². The van der Waals surface area contributed by atoms with Gasteiger partial charge in [0.15, 0.2) is 0 Å². The Kier molecular flexibility index (Phi) is 3.57. The molecule has 17 heavy (non-hydrogen) atoms. The molecule has 1 aliphatic carbocycles. The molecule has 0 amide bonds. The van der Waals surface area contributed by atoms with Crippen LogP contribution in [0.25, 0.3) is 0 Å². The van der Waals surface area contributed by atoms with Gasteiger partial charge in [0.05, 0.1) is 6.20 Å². The number of rotatable bonds is 4. The van der Waals surface area contributed by atoms with E-state index in [-0.39, 0.29) is 0 Å². The van der Waals surface area contributed by atoms with Gasteiger partial charge in [-0.15, -0.1) is 0 Å². The monoisotopic (exact) mass is 235 g/mol. The van der Waals surface area contributed by atoms with Crippen molar-refractivity contribution in [2.45, 2.75) is 65.6 Å². The van der Waals surface area contributed by atoms with Crippen LogP contribution in [0.15, 0.2) is 12.4 Å². The molecule has 2 unspecified atom stereocenters. The highest BCUT2D eigenvalue weighted by Gasteiger charge is 2.35. The largest absolute Gasteiger partial charge is 0.307 e. The van der Waals surface area contributed by atoms with Crippen LogP contribution in [0.5, 0.6) is 0 Å². The van der Waals surface area contributed by atoms with Crippen LogP contribution < -0.4 is 5.32 Å². The third kappa shape index (κ3) is 2.71. The molecule has 0 radical (unpaired) electrons. The van der Waals surface area contributed by atoms with Crippen molar-refractivity contribution < 1.29 is 0 Å². The first-order valence-electron chi connectivity index (χ1n) is 6.81. The smallest absolute Gasteiger partial charge is 0.0537 e. The first-order chi connectivity index (χ1) is 8.03. The molecular formula is C14H25N3. The second-order valence-corrected chi connectivity index (χ2v) is 5.95. The molecule has 2 rings (SSSR count). The quantitative estimate of drug-likeness (QED) is 0.869. The lowest BCUT2D eigenvalue weighted by molar-refractivity contribution is 0.266. The van der Waals surface area contributed by atoms with Gasteiger partial charge < -0.3 is 5.32 Å². The van der Waals surface area contributed by atoms with Crippen LogP contribution >= 0.6 is 0 Å². The molecule has 3 nitrogen and oxygen atoms in total.